The minimum absolute atomic E-state index is 0.0595. The summed E-state index contributed by atoms with van der Waals surface area (Å²) in [4.78, 5) is 22.5. The predicted octanol–water partition coefficient (Wildman–Crippen LogP) is -1.02. The molecule has 0 bridgehead atoms. The first-order valence-electron chi connectivity index (χ1n) is 4.73. The molecule has 0 aromatic heterocycles. The van der Waals surface area contributed by atoms with Crippen molar-refractivity contribution in [2.24, 2.45) is 11.7 Å². The van der Waals surface area contributed by atoms with Crippen molar-refractivity contribution in [3.8, 4) is 0 Å². The summed E-state index contributed by atoms with van der Waals surface area (Å²) in [5.74, 6) is -0.400. The quantitative estimate of drug-likeness (QED) is 0.543. The van der Waals surface area contributed by atoms with Gasteiger partial charge in [-0.2, -0.15) is 0 Å². The van der Waals surface area contributed by atoms with Crippen LogP contribution in [-0.4, -0.2) is 30.4 Å². The van der Waals surface area contributed by atoms with E-state index in [-0.39, 0.29) is 24.2 Å². The predicted molar refractivity (Wildman–Crippen MR) is 52.4 cm³/mol. The average molecular weight is 199 g/mol. The molecule has 1 aliphatic rings. The van der Waals surface area contributed by atoms with Gasteiger partial charge in [0.1, 0.15) is 0 Å². The van der Waals surface area contributed by atoms with E-state index in [1.54, 1.807) is 0 Å². The van der Waals surface area contributed by atoms with Crippen LogP contribution in [0.4, 0.5) is 0 Å². The highest BCUT2D eigenvalue weighted by Crippen LogP contribution is 2.10. The van der Waals surface area contributed by atoms with Gasteiger partial charge >= 0.3 is 0 Å². The Labute approximate surface area is 83.4 Å². The Morgan fingerprint density at radius 3 is 2.79 bits per heavy atom. The lowest BCUT2D eigenvalue weighted by molar-refractivity contribution is -0.127. The summed E-state index contributed by atoms with van der Waals surface area (Å²) < 4.78 is 0. The molecule has 0 spiro atoms. The number of carbonyl (C=O) groups is 2. The summed E-state index contributed by atoms with van der Waals surface area (Å²) in [5.41, 5.74) is 5.08. The highest BCUT2D eigenvalue weighted by atomic mass is 16.2. The lowest BCUT2D eigenvalue weighted by atomic mass is 10.0. The summed E-state index contributed by atoms with van der Waals surface area (Å²) in [7, 11) is 0. The third kappa shape index (κ3) is 2.70. The van der Waals surface area contributed by atoms with Crippen LogP contribution in [0.25, 0.3) is 0 Å². The van der Waals surface area contributed by atoms with E-state index in [1.165, 1.54) is 0 Å². The van der Waals surface area contributed by atoms with E-state index in [0.29, 0.717) is 13.1 Å². The van der Waals surface area contributed by atoms with E-state index in [0.717, 1.165) is 0 Å². The Morgan fingerprint density at radius 1 is 1.71 bits per heavy atom. The molecule has 1 heterocycles. The molecular weight excluding hydrogens is 182 g/mol. The van der Waals surface area contributed by atoms with Crippen LogP contribution in [0.5, 0.6) is 0 Å². The molecule has 0 aromatic carbocycles. The van der Waals surface area contributed by atoms with Crippen molar-refractivity contribution in [3.05, 3.63) is 0 Å². The molecule has 2 amide bonds. The third-order valence-corrected chi connectivity index (χ3v) is 2.32. The smallest absolute Gasteiger partial charge is 0.225 e. The molecule has 1 rings (SSSR count). The molecule has 0 aliphatic carbocycles. The average Bonchev–Trinajstić information content (AvgIpc) is 2.51. The second-order valence-corrected chi connectivity index (χ2v) is 4.28. The molecule has 4 N–H and O–H groups in total. The van der Waals surface area contributed by atoms with Gasteiger partial charge in [-0.15, -0.1) is 0 Å². The van der Waals surface area contributed by atoms with Crippen LogP contribution < -0.4 is 16.4 Å². The van der Waals surface area contributed by atoms with E-state index in [1.807, 2.05) is 13.8 Å². The molecule has 14 heavy (non-hydrogen) atoms. The van der Waals surface area contributed by atoms with Crippen molar-refractivity contribution in [1.82, 2.24) is 10.6 Å². The van der Waals surface area contributed by atoms with Crippen molar-refractivity contribution in [3.63, 3.8) is 0 Å². The number of nitrogens with two attached hydrogens (primary N) is 1. The number of hydrogen-bond donors (Lipinski definition) is 3. The molecule has 1 aliphatic heterocycles. The SMILES string of the molecule is CC(C)(CN)NC(=O)C1CNC(=O)C1. The zero-order valence-corrected chi connectivity index (χ0v) is 8.59. The second kappa shape index (κ2) is 3.96. The Morgan fingerprint density at radius 2 is 2.36 bits per heavy atom. The number of hydrogen-bond acceptors (Lipinski definition) is 3. The Balaban J connectivity index is 2.46. The fraction of sp³-hybridized carbons (Fsp3) is 0.778. The number of rotatable bonds is 3. The summed E-state index contributed by atoms with van der Waals surface area (Å²) >= 11 is 0. The van der Waals surface area contributed by atoms with E-state index >= 15 is 0 Å². The van der Waals surface area contributed by atoms with Crippen molar-refractivity contribution in [2.75, 3.05) is 13.1 Å². The van der Waals surface area contributed by atoms with Gasteiger partial charge in [-0.3, -0.25) is 9.59 Å². The maximum absolute atomic E-state index is 11.6. The molecular formula is C9H17N3O2. The summed E-state index contributed by atoms with van der Waals surface area (Å²) in [5, 5.41) is 5.44. The zero-order chi connectivity index (χ0) is 10.8. The minimum atomic E-state index is -0.400. The van der Waals surface area contributed by atoms with Crippen LogP contribution in [0.2, 0.25) is 0 Å². The Kier molecular flexibility index (Phi) is 3.10. The Hall–Kier alpha value is -1.10. The molecule has 5 nitrogen and oxygen atoms in total. The summed E-state index contributed by atoms with van der Waals surface area (Å²) in [6.07, 6.45) is 0.284. The van der Waals surface area contributed by atoms with E-state index in [4.69, 9.17) is 5.73 Å². The van der Waals surface area contributed by atoms with Gasteiger partial charge in [0.2, 0.25) is 11.8 Å². The monoisotopic (exact) mass is 199 g/mol. The topological polar surface area (TPSA) is 84.2 Å². The fourth-order valence-electron chi connectivity index (χ4n) is 1.28. The molecule has 0 saturated carbocycles. The van der Waals surface area contributed by atoms with Crippen molar-refractivity contribution in [1.29, 1.82) is 0 Å². The number of carbonyl (C=O) groups excluding carboxylic acids is 2. The first kappa shape index (κ1) is 11.0. The van der Waals surface area contributed by atoms with Gasteiger partial charge in [0, 0.05) is 25.0 Å². The van der Waals surface area contributed by atoms with Crippen molar-refractivity contribution in [2.45, 2.75) is 25.8 Å². The lowest BCUT2D eigenvalue weighted by Gasteiger charge is -2.25. The lowest BCUT2D eigenvalue weighted by Crippen LogP contribution is -2.51. The highest BCUT2D eigenvalue weighted by Gasteiger charge is 2.30. The molecule has 1 atom stereocenters. The molecule has 0 aromatic rings. The molecule has 1 unspecified atom stereocenters. The molecule has 0 radical (unpaired) electrons. The molecule has 80 valence electrons. The molecule has 5 heteroatoms. The minimum Gasteiger partial charge on any atom is -0.355 e. The fourth-order valence-corrected chi connectivity index (χ4v) is 1.28. The van der Waals surface area contributed by atoms with Crippen molar-refractivity contribution < 1.29 is 9.59 Å². The standard InChI is InChI=1S/C9H17N3O2/c1-9(2,5-10)12-8(14)6-3-7(13)11-4-6/h6H,3-5,10H2,1-2H3,(H,11,13)(H,12,14). The van der Waals surface area contributed by atoms with E-state index < -0.39 is 5.54 Å². The van der Waals surface area contributed by atoms with E-state index in [9.17, 15) is 9.59 Å². The highest BCUT2D eigenvalue weighted by molar-refractivity contribution is 5.89. The van der Waals surface area contributed by atoms with Gasteiger partial charge in [-0.1, -0.05) is 0 Å². The maximum atomic E-state index is 11.6. The van der Waals surface area contributed by atoms with E-state index in [2.05, 4.69) is 10.6 Å². The maximum Gasteiger partial charge on any atom is 0.225 e. The first-order chi connectivity index (χ1) is 6.44. The van der Waals surface area contributed by atoms with Gasteiger partial charge in [0.05, 0.1) is 5.92 Å². The Bertz CT molecular complexity index is 250. The summed E-state index contributed by atoms with van der Waals surface area (Å²) in [6, 6.07) is 0. The normalized spacial score (nSPS) is 21.9. The third-order valence-electron chi connectivity index (χ3n) is 2.32. The van der Waals surface area contributed by atoms with Gasteiger partial charge in [0.15, 0.2) is 0 Å². The number of nitrogens with one attached hydrogen (secondary N) is 2. The molecule has 1 saturated heterocycles. The van der Waals surface area contributed by atoms with Crippen LogP contribution in [0.3, 0.4) is 0 Å². The first-order valence-corrected chi connectivity index (χ1v) is 4.73. The van der Waals surface area contributed by atoms with Crippen LogP contribution >= 0.6 is 0 Å². The van der Waals surface area contributed by atoms with Crippen molar-refractivity contribution >= 4 is 11.8 Å². The van der Waals surface area contributed by atoms with Crippen LogP contribution in [0.1, 0.15) is 20.3 Å². The van der Waals surface area contributed by atoms with Gasteiger partial charge < -0.3 is 16.4 Å². The van der Waals surface area contributed by atoms with Crippen LogP contribution in [0.15, 0.2) is 0 Å². The van der Waals surface area contributed by atoms with Gasteiger partial charge in [-0.05, 0) is 13.8 Å². The summed E-state index contributed by atoms with van der Waals surface area (Å²) in [6.45, 7) is 4.53. The second-order valence-electron chi connectivity index (χ2n) is 4.28. The van der Waals surface area contributed by atoms with Crippen LogP contribution in [0, 0.1) is 5.92 Å². The van der Waals surface area contributed by atoms with Gasteiger partial charge in [0.25, 0.3) is 0 Å². The zero-order valence-electron chi connectivity index (χ0n) is 8.59. The van der Waals surface area contributed by atoms with Crippen LogP contribution in [-0.2, 0) is 9.59 Å². The largest absolute Gasteiger partial charge is 0.355 e. The van der Waals surface area contributed by atoms with Gasteiger partial charge in [-0.25, -0.2) is 0 Å². The molecule has 1 fully saturated rings. The number of amides is 2.